The van der Waals surface area contributed by atoms with Crippen molar-refractivity contribution in [2.45, 2.75) is 20.4 Å². The van der Waals surface area contributed by atoms with Crippen molar-refractivity contribution >= 4 is 11.7 Å². The smallest absolute Gasteiger partial charge is 0.321 e. The molecule has 2 amide bonds. The Balaban J connectivity index is 1.96. The Hall–Kier alpha value is -2.30. The number of carbonyl (C=O) groups excluding carboxylic acids is 1. The van der Waals surface area contributed by atoms with E-state index in [1.165, 1.54) is 0 Å². The Morgan fingerprint density at radius 3 is 2.79 bits per heavy atom. The second kappa shape index (κ2) is 5.56. The van der Waals surface area contributed by atoms with Gasteiger partial charge in [-0.05, 0) is 31.5 Å². The van der Waals surface area contributed by atoms with Crippen molar-refractivity contribution in [3.8, 4) is 0 Å². The number of hydrogen-bond donors (Lipinski definition) is 1. The lowest BCUT2D eigenvalue weighted by Gasteiger charge is -2.16. The first-order valence-electron chi connectivity index (χ1n) is 6.05. The van der Waals surface area contributed by atoms with E-state index in [-0.39, 0.29) is 6.03 Å². The van der Waals surface area contributed by atoms with Crippen LogP contribution < -0.4 is 5.32 Å². The number of urea groups is 1. The van der Waals surface area contributed by atoms with Gasteiger partial charge >= 0.3 is 6.03 Å². The molecule has 2 rings (SSSR count). The molecule has 1 N–H and O–H groups in total. The molecule has 1 heterocycles. The number of amides is 2. The first kappa shape index (κ1) is 13.1. The molecular weight excluding hydrogens is 242 g/mol. The fraction of sp³-hybridized carbons (Fsp3) is 0.286. The van der Waals surface area contributed by atoms with Crippen LogP contribution in [0.1, 0.15) is 17.0 Å². The van der Waals surface area contributed by atoms with Crippen LogP contribution in [0.2, 0.25) is 0 Å². The number of nitrogens with one attached hydrogen (secondary N) is 1. The number of aryl methyl sites for hydroxylation is 2. The largest absolute Gasteiger partial charge is 0.359 e. The lowest BCUT2D eigenvalue weighted by atomic mass is 10.2. The molecule has 0 aliphatic carbocycles. The van der Waals surface area contributed by atoms with Crippen LogP contribution in [-0.2, 0) is 6.54 Å². The molecule has 0 spiro atoms. The zero-order valence-corrected chi connectivity index (χ0v) is 11.3. The lowest BCUT2D eigenvalue weighted by Crippen LogP contribution is -2.30. The molecule has 19 heavy (non-hydrogen) atoms. The first-order chi connectivity index (χ1) is 9.04. The van der Waals surface area contributed by atoms with Crippen molar-refractivity contribution < 1.29 is 9.32 Å². The van der Waals surface area contributed by atoms with Crippen LogP contribution in [-0.4, -0.2) is 23.1 Å². The number of anilines is 1. The highest BCUT2D eigenvalue weighted by Gasteiger charge is 2.11. The predicted octanol–water partition coefficient (Wildman–Crippen LogP) is 2.96. The van der Waals surface area contributed by atoms with Gasteiger partial charge in [0.2, 0.25) is 0 Å². The maximum absolute atomic E-state index is 12.0. The fourth-order valence-corrected chi connectivity index (χ4v) is 1.74. The summed E-state index contributed by atoms with van der Waals surface area (Å²) in [6.45, 7) is 4.22. The van der Waals surface area contributed by atoms with E-state index in [2.05, 4.69) is 10.5 Å². The Labute approximate surface area is 112 Å². The number of benzene rings is 1. The molecule has 0 atom stereocenters. The molecule has 1 aromatic carbocycles. The van der Waals surface area contributed by atoms with Gasteiger partial charge in [0, 0.05) is 18.8 Å². The number of aromatic nitrogens is 1. The van der Waals surface area contributed by atoms with Crippen molar-refractivity contribution in [3.05, 3.63) is 47.3 Å². The molecule has 0 aliphatic heterocycles. The van der Waals surface area contributed by atoms with E-state index in [9.17, 15) is 4.79 Å². The number of rotatable bonds is 3. The average molecular weight is 259 g/mol. The third-order valence-electron chi connectivity index (χ3n) is 2.69. The minimum Gasteiger partial charge on any atom is -0.359 e. The van der Waals surface area contributed by atoms with E-state index < -0.39 is 0 Å². The highest BCUT2D eigenvalue weighted by atomic mass is 16.5. The summed E-state index contributed by atoms with van der Waals surface area (Å²) in [5.74, 6) is 0.666. The zero-order chi connectivity index (χ0) is 13.8. The summed E-state index contributed by atoms with van der Waals surface area (Å²) < 4.78 is 5.08. The van der Waals surface area contributed by atoms with Crippen molar-refractivity contribution in [3.63, 3.8) is 0 Å². The van der Waals surface area contributed by atoms with Crippen molar-refractivity contribution in [2.75, 3.05) is 12.4 Å². The molecule has 0 saturated heterocycles. The average Bonchev–Trinajstić information content (AvgIpc) is 2.74. The van der Waals surface area contributed by atoms with Gasteiger partial charge in [-0.1, -0.05) is 17.3 Å². The zero-order valence-electron chi connectivity index (χ0n) is 11.3. The minimum absolute atomic E-state index is 0.181. The van der Waals surface area contributed by atoms with Crippen molar-refractivity contribution in [1.82, 2.24) is 10.1 Å². The number of nitrogens with zero attached hydrogens (tertiary/aromatic N) is 2. The number of hydrogen-bond acceptors (Lipinski definition) is 3. The summed E-state index contributed by atoms with van der Waals surface area (Å²) in [5, 5.41) is 6.63. The van der Waals surface area contributed by atoms with Crippen LogP contribution >= 0.6 is 0 Å². The van der Waals surface area contributed by atoms with Gasteiger partial charge < -0.3 is 14.7 Å². The van der Waals surface area contributed by atoms with Crippen LogP contribution in [0.3, 0.4) is 0 Å². The normalized spacial score (nSPS) is 10.3. The maximum Gasteiger partial charge on any atom is 0.321 e. The summed E-state index contributed by atoms with van der Waals surface area (Å²) in [6, 6.07) is 9.30. The molecule has 0 saturated carbocycles. The summed E-state index contributed by atoms with van der Waals surface area (Å²) in [6.07, 6.45) is 0. The quantitative estimate of drug-likeness (QED) is 0.921. The summed E-state index contributed by atoms with van der Waals surface area (Å²) in [7, 11) is 1.71. The molecule has 1 aromatic heterocycles. The minimum atomic E-state index is -0.181. The molecular formula is C14H17N3O2. The highest BCUT2D eigenvalue weighted by molar-refractivity contribution is 5.89. The van der Waals surface area contributed by atoms with Gasteiger partial charge in [-0.25, -0.2) is 4.79 Å². The summed E-state index contributed by atoms with van der Waals surface area (Å²) in [4.78, 5) is 13.5. The second-order valence-electron chi connectivity index (χ2n) is 4.59. The van der Waals surface area contributed by atoms with Gasteiger partial charge in [0.25, 0.3) is 0 Å². The molecule has 0 fully saturated rings. The lowest BCUT2D eigenvalue weighted by molar-refractivity contribution is 0.214. The summed E-state index contributed by atoms with van der Waals surface area (Å²) >= 11 is 0. The van der Waals surface area contributed by atoms with Gasteiger partial charge in [-0.15, -0.1) is 0 Å². The van der Waals surface area contributed by atoms with E-state index in [0.29, 0.717) is 12.3 Å². The maximum atomic E-state index is 12.0. The summed E-state index contributed by atoms with van der Waals surface area (Å²) in [5.41, 5.74) is 2.69. The SMILES string of the molecule is Cc1cccc(NC(=O)N(C)Cc2cc(C)no2)c1. The van der Waals surface area contributed by atoms with Crippen LogP contribution in [0, 0.1) is 13.8 Å². The van der Waals surface area contributed by atoms with Gasteiger partial charge in [0.15, 0.2) is 5.76 Å². The Bertz CT molecular complexity index is 578. The third-order valence-corrected chi connectivity index (χ3v) is 2.69. The Morgan fingerprint density at radius 1 is 1.37 bits per heavy atom. The predicted molar refractivity (Wildman–Crippen MR) is 72.9 cm³/mol. The highest BCUT2D eigenvalue weighted by Crippen LogP contribution is 2.11. The van der Waals surface area contributed by atoms with Crippen LogP contribution in [0.4, 0.5) is 10.5 Å². The van der Waals surface area contributed by atoms with Crippen LogP contribution in [0.25, 0.3) is 0 Å². The Kier molecular flexibility index (Phi) is 3.85. The third kappa shape index (κ3) is 3.58. The molecule has 5 nitrogen and oxygen atoms in total. The van der Waals surface area contributed by atoms with E-state index in [4.69, 9.17) is 4.52 Å². The molecule has 2 aromatic rings. The monoisotopic (exact) mass is 259 g/mol. The van der Waals surface area contributed by atoms with E-state index in [0.717, 1.165) is 16.9 Å². The topological polar surface area (TPSA) is 58.4 Å². The van der Waals surface area contributed by atoms with Crippen molar-refractivity contribution in [1.29, 1.82) is 0 Å². The molecule has 0 bridgehead atoms. The van der Waals surface area contributed by atoms with Gasteiger partial charge in [0.1, 0.15) is 0 Å². The molecule has 0 radical (unpaired) electrons. The molecule has 0 unspecified atom stereocenters. The number of carbonyl (C=O) groups is 1. The standard InChI is InChI=1S/C14H17N3O2/c1-10-5-4-6-12(7-10)15-14(18)17(3)9-13-8-11(2)16-19-13/h4-8H,9H2,1-3H3,(H,15,18). The molecule has 5 heteroatoms. The van der Waals surface area contributed by atoms with E-state index in [1.54, 1.807) is 11.9 Å². The van der Waals surface area contributed by atoms with Crippen molar-refractivity contribution in [2.24, 2.45) is 0 Å². The first-order valence-corrected chi connectivity index (χ1v) is 6.05. The second-order valence-corrected chi connectivity index (χ2v) is 4.59. The fourth-order valence-electron chi connectivity index (χ4n) is 1.74. The molecule has 0 aliphatic rings. The van der Waals surface area contributed by atoms with Crippen LogP contribution in [0.5, 0.6) is 0 Å². The van der Waals surface area contributed by atoms with Gasteiger partial charge in [-0.2, -0.15) is 0 Å². The molecule has 100 valence electrons. The van der Waals surface area contributed by atoms with E-state index in [1.807, 2.05) is 44.2 Å². The van der Waals surface area contributed by atoms with E-state index >= 15 is 0 Å². The Morgan fingerprint density at radius 2 is 2.16 bits per heavy atom. The van der Waals surface area contributed by atoms with Gasteiger partial charge in [-0.3, -0.25) is 0 Å². The van der Waals surface area contributed by atoms with Crippen LogP contribution in [0.15, 0.2) is 34.9 Å². The van der Waals surface area contributed by atoms with Gasteiger partial charge in [0.05, 0.1) is 12.2 Å².